The standard InChI is InChI=1S/C10H8Cl2O/c11-7-1-2-8-13-10-5-3-9(12)4-6-10/h3-6H,7-8H2. The molecule has 0 atom stereocenters. The summed E-state index contributed by atoms with van der Waals surface area (Å²) >= 11 is 11.1. The van der Waals surface area contributed by atoms with Gasteiger partial charge >= 0.3 is 0 Å². The molecular formula is C10H8Cl2O. The molecule has 0 aliphatic carbocycles. The van der Waals surface area contributed by atoms with Crippen LogP contribution in [-0.2, 0) is 0 Å². The summed E-state index contributed by atoms with van der Waals surface area (Å²) in [7, 11) is 0. The van der Waals surface area contributed by atoms with Gasteiger partial charge in [-0.2, -0.15) is 0 Å². The molecule has 1 aromatic rings. The van der Waals surface area contributed by atoms with Crippen molar-refractivity contribution >= 4 is 23.2 Å². The Bertz CT molecular complexity index is 308. The third-order valence-electron chi connectivity index (χ3n) is 1.32. The van der Waals surface area contributed by atoms with Crippen LogP contribution >= 0.6 is 23.2 Å². The Hall–Kier alpha value is -0.840. The molecule has 0 unspecified atom stereocenters. The van der Waals surface area contributed by atoms with Gasteiger partial charge in [-0.05, 0) is 24.3 Å². The van der Waals surface area contributed by atoms with Crippen LogP contribution in [-0.4, -0.2) is 12.5 Å². The number of halogens is 2. The number of hydrogen-bond donors (Lipinski definition) is 0. The highest BCUT2D eigenvalue weighted by molar-refractivity contribution is 6.30. The highest BCUT2D eigenvalue weighted by atomic mass is 35.5. The lowest BCUT2D eigenvalue weighted by molar-refractivity contribution is 0.370. The summed E-state index contributed by atoms with van der Waals surface area (Å²) in [5.74, 6) is 6.55. The number of ether oxygens (including phenoxy) is 1. The summed E-state index contributed by atoms with van der Waals surface area (Å²) in [5, 5.41) is 0.694. The van der Waals surface area contributed by atoms with E-state index in [0.29, 0.717) is 17.5 Å². The van der Waals surface area contributed by atoms with Crippen molar-refractivity contribution in [3.05, 3.63) is 29.3 Å². The van der Waals surface area contributed by atoms with Crippen molar-refractivity contribution in [3.8, 4) is 17.6 Å². The van der Waals surface area contributed by atoms with E-state index in [4.69, 9.17) is 27.9 Å². The van der Waals surface area contributed by atoms with Crippen LogP contribution < -0.4 is 4.74 Å². The fourth-order valence-electron chi connectivity index (χ4n) is 0.749. The predicted octanol–water partition coefficient (Wildman–Crippen LogP) is 2.96. The van der Waals surface area contributed by atoms with Crippen molar-refractivity contribution in [1.29, 1.82) is 0 Å². The second kappa shape index (κ2) is 5.75. The first kappa shape index (κ1) is 10.2. The van der Waals surface area contributed by atoms with Gasteiger partial charge in [-0.3, -0.25) is 0 Å². The van der Waals surface area contributed by atoms with Gasteiger partial charge in [0.25, 0.3) is 0 Å². The summed E-state index contributed by atoms with van der Waals surface area (Å²) in [6.45, 7) is 0.356. The summed E-state index contributed by atoms with van der Waals surface area (Å²) in [6, 6.07) is 7.13. The van der Waals surface area contributed by atoms with Crippen LogP contribution in [0.5, 0.6) is 5.75 Å². The van der Waals surface area contributed by atoms with Gasteiger partial charge < -0.3 is 4.74 Å². The maximum Gasteiger partial charge on any atom is 0.149 e. The largest absolute Gasteiger partial charge is 0.481 e. The zero-order valence-corrected chi connectivity index (χ0v) is 8.40. The third-order valence-corrected chi connectivity index (χ3v) is 1.70. The number of rotatable bonds is 2. The predicted molar refractivity (Wildman–Crippen MR) is 55.4 cm³/mol. The molecule has 0 bridgehead atoms. The van der Waals surface area contributed by atoms with Gasteiger partial charge in [0.2, 0.25) is 0 Å². The van der Waals surface area contributed by atoms with Crippen LogP contribution in [0.25, 0.3) is 0 Å². The molecule has 0 aliphatic rings. The van der Waals surface area contributed by atoms with Gasteiger partial charge in [0.1, 0.15) is 12.4 Å². The molecule has 1 nitrogen and oxygen atoms in total. The normalized spacial score (nSPS) is 8.77. The summed E-state index contributed by atoms with van der Waals surface area (Å²) in [5.41, 5.74) is 0. The van der Waals surface area contributed by atoms with Crippen molar-refractivity contribution in [1.82, 2.24) is 0 Å². The van der Waals surface area contributed by atoms with Crippen molar-refractivity contribution < 1.29 is 4.74 Å². The maximum absolute atomic E-state index is 5.69. The molecule has 0 heterocycles. The molecule has 1 aromatic carbocycles. The monoisotopic (exact) mass is 214 g/mol. The van der Waals surface area contributed by atoms with E-state index in [-0.39, 0.29) is 0 Å². The molecule has 0 fully saturated rings. The Labute approximate surface area is 87.6 Å². The van der Waals surface area contributed by atoms with Crippen LogP contribution in [0, 0.1) is 11.8 Å². The molecule has 0 aliphatic heterocycles. The lowest BCUT2D eigenvalue weighted by atomic mass is 10.3. The third kappa shape index (κ3) is 4.07. The van der Waals surface area contributed by atoms with E-state index in [1.807, 2.05) is 0 Å². The Balaban J connectivity index is 2.41. The minimum Gasteiger partial charge on any atom is -0.481 e. The van der Waals surface area contributed by atoms with Crippen molar-refractivity contribution in [3.63, 3.8) is 0 Å². The number of alkyl halides is 1. The van der Waals surface area contributed by atoms with Crippen LogP contribution in [0.4, 0.5) is 0 Å². The number of benzene rings is 1. The van der Waals surface area contributed by atoms with E-state index >= 15 is 0 Å². The highest BCUT2D eigenvalue weighted by Gasteiger charge is 1.90. The smallest absolute Gasteiger partial charge is 0.149 e. The molecule has 3 heteroatoms. The Morgan fingerprint density at radius 3 is 2.46 bits per heavy atom. The zero-order chi connectivity index (χ0) is 9.52. The first-order chi connectivity index (χ1) is 6.33. The van der Waals surface area contributed by atoms with Crippen molar-refractivity contribution in [2.45, 2.75) is 0 Å². The fraction of sp³-hybridized carbons (Fsp3) is 0.200. The molecule has 0 radical (unpaired) electrons. The van der Waals surface area contributed by atoms with Gasteiger partial charge in [0.15, 0.2) is 0 Å². The SMILES string of the molecule is ClCC#CCOc1ccc(Cl)cc1. The minimum atomic E-state index is 0.337. The van der Waals surface area contributed by atoms with Crippen molar-refractivity contribution in [2.24, 2.45) is 0 Å². The van der Waals surface area contributed by atoms with Crippen LogP contribution in [0.2, 0.25) is 5.02 Å². The van der Waals surface area contributed by atoms with E-state index in [1.54, 1.807) is 24.3 Å². The fourth-order valence-corrected chi connectivity index (χ4v) is 0.969. The van der Waals surface area contributed by atoms with Gasteiger partial charge in [-0.25, -0.2) is 0 Å². The average molecular weight is 215 g/mol. The molecule has 1 rings (SSSR count). The van der Waals surface area contributed by atoms with Gasteiger partial charge in [0, 0.05) is 5.02 Å². The first-order valence-corrected chi connectivity index (χ1v) is 4.64. The van der Waals surface area contributed by atoms with Crippen LogP contribution in [0.15, 0.2) is 24.3 Å². The second-order valence-electron chi connectivity index (χ2n) is 2.23. The second-order valence-corrected chi connectivity index (χ2v) is 2.93. The van der Waals surface area contributed by atoms with E-state index < -0.39 is 0 Å². The lowest BCUT2D eigenvalue weighted by Gasteiger charge is -2.00. The van der Waals surface area contributed by atoms with Gasteiger partial charge in [-0.1, -0.05) is 23.4 Å². The van der Waals surface area contributed by atoms with Crippen LogP contribution in [0.1, 0.15) is 0 Å². The molecule has 0 spiro atoms. The Morgan fingerprint density at radius 1 is 1.15 bits per heavy atom. The molecule has 0 N–H and O–H groups in total. The number of hydrogen-bond acceptors (Lipinski definition) is 1. The first-order valence-electron chi connectivity index (χ1n) is 3.73. The molecule has 0 saturated heterocycles. The van der Waals surface area contributed by atoms with E-state index in [1.165, 1.54) is 0 Å². The van der Waals surface area contributed by atoms with E-state index in [0.717, 1.165) is 5.75 Å². The van der Waals surface area contributed by atoms with E-state index in [9.17, 15) is 0 Å². The molecular weight excluding hydrogens is 207 g/mol. The van der Waals surface area contributed by atoms with Crippen LogP contribution in [0.3, 0.4) is 0 Å². The maximum atomic E-state index is 5.69. The Morgan fingerprint density at radius 2 is 1.85 bits per heavy atom. The Kier molecular flexibility index (Phi) is 4.53. The van der Waals surface area contributed by atoms with Crippen molar-refractivity contribution in [2.75, 3.05) is 12.5 Å². The molecule has 68 valence electrons. The summed E-state index contributed by atoms with van der Waals surface area (Å²) in [4.78, 5) is 0. The summed E-state index contributed by atoms with van der Waals surface area (Å²) in [6.07, 6.45) is 0. The quantitative estimate of drug-likeness (QED) is 0.544. The van der Waals surface area contributed by atoms with Gasteiger partial charge in [-0.15, -0.1) is 11.6 Å². The molecule has 0 saturated carbocycles. The lowest BCUT2D eigenvalue weighted by Crippen LogP contribution is -1.93. The topological polar surface area (TPSA) is 9.23 Å². The molecule has 13 heavy (non-hydrogen) atoms. The average Bonchev–Trinajstić information content (AvgIpc) is 2.15. The highest BCUT2D eigenvalue weighted by Crippen LogP contribution is 2.14. The zero-order valence-electron chi connectivity index (χ0n) is 6.89. The van der Waals surface area contributed by atoms with E-state index in [2.05, 4.69) is 11.8 Å². The molecule has 0 aromatic heterocycles. The van der Waals surface area contributed by atoms with Gasteiger partial charge in [0.05, 0.1) is 5.88 Å². The minimum absolute atomic E-state index is 0.337. The molecule has 0 amide bonds. The summed E-state index contributed by atoms with van der Waals surface area (Å²) < 4.78 is 5.27.